The number of aryl methyl sites for hydroxylation is 1. The van der Waals surface area contributed by atoms with Crippen molar-refractivity contribution in [3.8, 4) is 5.75 Å². The number of oxazole rings is 1. The van der Waals surface area contributed by atoms with Crippen molar-refractivity contribution < 1.29 is 17.9 Å². The maximum absolute atomic E-state index is 12.7. The van der Waals surface area contributed by atoms with Crippen LogP contribution in [-0.4, -0.2) is 40.1 Å². The van der Waals surface area contributed by atoms with E-state index in [1.165, 1.54) is 0 Å². The van der Waals surface area contributed by atoms with Crippen molar-refractivity contribution in [2.24, 2.45) is 0 Å². The molecule has 0 saturated carbocycles. The van der Waals surface area contributed by atoms with Gasteiger partial charge < -0.3 is 13.7 Å². The Bertz CT molecular complexity index is 898. The highest BCUT2D eigenvalue weighted by atomic mass is 19.3. The first-order valence-corrected chi connectivity index (χ1v) is 9.25. The number of halogens is 2. The van der Waals surface area contributed by atoms with Gasteiger partial charge in [0.25, 0.3) is 6.43 Å². The van der Waals surface area contributed by atoms with Crippen molar-refractivity contribution in [1.82, 2.24) is 14.5 Å². The van der Waals surface area contributed by atoms with Gasteiger partial charge in [0.15, 0.2) is 0 Å². The smallest absolute Gasteiger partial charge is 0.256 e. The van der Waals surface area contributed by atoms with Gasteiger partial charge in [0.05, 0.1) is 24.8 Å². The lowest BCUT2D eigenvalue weighted by atomic mass is 10.1. The maximum atomic E-state index is 12.7. The lowest BCUT2D eigenvalue weighted by Crippen LogP contribution is -2.37. The molecule has 0 radical (unpaired) electrons. The predicted octanol–water partition coefficient (Wildman–Crippen LogP) is 4.25. The Morgan fingerprint density at radius 1 is 1.26 bits per heavy atom. The SMILES string of the molecule is Cc1cnc(CN2CCC(Oc3cccc4c3ccn4CC(F)F)CC2)o1. The fourth-order valence-corrected chi connectivity index (χ4v) is 3.64. The summed E-state index contributed by atoms with van der Waals surface area (Å²) in [7, 11) is 0. The van der Waals surface area contributed by atoms with E-state index in [1.807, 2.05) is 31.2 Å². The van der Waals surface area contributed by atoms with Crippen molar-refractivity contribution in [3.63, 3.8) is 0 Å². The molecule has 0 unspecified atom stereocenters. The zero-order valence-corrected chi connectivity index (χ0v) is 15.3. The van der Waals surface area contributed by atoms with Gasteiger partial charge in [0.2, 0.25) is 5.89 Å². The van der Waals surface area contributed by atoms with Gasteiger partial charge in [-0.05, 0) is 38.0 Å². The first-order chi connectivity index (χ1) is 13.1. The zero-order valence-electron chi connectivity index (χ0n) is 15.3. The number of likely N-dealkylation sites (tertiary alicyclic amines) is 1. The van der Waals surface area contributed by atoms with E-state index in [0.29, 0.717) is 6.54 Å². The van der Waals surface area contributed by atoms with E-state index < -0.39 is 6.43 Å². The van der Waals surface area contributed by atoms with Crippen molar-refractivity contribution >= 4 is 10.9 Å². The minimum atomic E-state index is -2.37. The minimum Gasteiger partial charge on any atom is -0.490 e. The molecule has 1 saturated heterocycles. The number of aromatic nitrogens is 2. The van der Waals surface area contributed by atoms with Crippen molar-refractivity contribution in [3.05, 3.63) is 48.3 Å². The molecule has 0 amide bonds. The maximum Gasteiger partial charge on any atom is 0.256 e. The number of ether oxygens (including phenoxy) is 1. The number of hydrogen-bond acceptors (Lipinski definition) is 4. The molecule has 5 nitrogen and oxygen atoms in total. The van der Waals surface area contributed by atoms with Gasteiger partial charge >= 0.3 is 0 Å². The molecule has 2 aromatic heterocycles. The van der Waals surface area contributed by atoms with Gasteiger partial charge in [0.1, 0.15) is 17.6 Å². The number of rotatable bonds is 6. The third kappa shape index (κ3) is 4.13. The number of hydrogen-bond donors (Lipinski definition) is 0. The second kappa shape index (κ2) is 7.68. The standard InChI is InChI=1S/C20H23F2N3O2/c1-14-11-23-20(26-14)13-24-8-5-15(6-9-24)27-18-4-2-3-17-16(18)7-10-25(17)12-19(21)22/h2-4,7,10-11,15,19H,5-6,8-9,12-13H2,1H3. The van der Waals surface area contributed by atoms with Crippen LogP contribution in [0.15, 0.2) is 41.1 Å². The van der Waals surface area contributed by atoms with Crippen LogP contribution in [0.3, 0.4) is 0 Å². The average Bonchev–Trinajstić information content (AvgIpc) is 3.23. The van der Waals surface area contributed by atoms with Gasteiger partial charge in [0, 0.05) is 24.7 Å². The van der Waals surface area contributed by atoms with E-state index >= 15 is 0 Å². The molecule has 0 atom stereocenters. The van der Waals surface area contributed by atoms with Crippen LogP contribution in [0.1, 0.15) is 24.5 Å². The highest BCUT2D eigenvalue weighted by Gasteiger charge is 2.22. The normalized spacial score (nSPS) is 16.4. The summed E-state index contributed by atoms with van der Waals surface area (Å²) in [6, 6.07) is 7.48. The molecule has 27 heavy (non-hydrogen) atoms. The third-order valence-corrected chi connectivity index (χ3v) is 4.96. The molecule has 4 rings (SSSR count). The van der Waals surface area contributed by atoms with E-state index in [0.717, 1.165) is 54.2 Å². The Balaban J connectivity index is 1.38. The zero-order chi connectivity index (χ0) is 18.8. The molecule has 1 aromatic carbocycles. The van der Waals surface area contributed by atoms with E-state index in [9.17, 15) is 8.78 Å². The van der Waals surface area contributed by atoms with Gasteiger partial charge in [-0.2, -0.15) is 0 Å². The third-order valence-electron chi connectivity index (χ3n) is 4.96. The summed E-state index contributed by atoms with van der Waals surface area (Å²) in [5.74, 6) is 2.34. The molecule has 3 heterocycles. The molecule has 1 aliphatic rings. The number of alkyl halides is 2. The van der Waals surface area contributed by atoms with Crippen LogP contribution in [0.25, 0.3) is 10.9 Å². The van der Waals surface area contributed by atoms with Gasteiger partial charge in [-0.15, -0.1) is 0 Å². The molecule has 1 fully saturated rings. The molecule has 7 heteroatoms. The Morgan fingerprint density at radius 2 is 2.07 bits per heavy atom. The number of fused-ring (bicyclic) bond motifs is 1. The average molecular weight is 375 g/mol. The molecule has 0 aliphatic carbocycles. The summed E-state index contributed by atoms with van der Waals surface area (Å²) in [5.41, 5.74) is 0.782. The molecule has 1 aliphatic heterocycles. The van der Waals surface area contributed by atoms with Gasteiger partial charge in [-0.1, -0.05) is 6.07 Å². The summed E-state index contributed by atoms with van der Waals surface area (Å²) < 4.78 is 38.8. The van der Waals surface area contributed by atoms with Crippen LogP contribution in [-0.2, 0) is 13.1 Å². The van der Waals surface area contributed by atoms with E-state index in [-0.39, 0.29) is 12.6 Å². The Kier molecular flexibility index (Phi) is 5.11. The van der Waals surface area contributed by atoms with Crippen molar-refractivity contribution in [2.45, 2.75) is 45.4 Å². The second-order valence-electron chi connectivity index (χ2n) is 7.01. The largest absolute Gasteiger partial charge is 0.490 e. The fourth-order valence-electron chi connectivity index (χ4n) is 3.64. The van der Waals surface area contributed by atoms with Crippen LogP contribution < -0.4 is 4.74 Å². The van der Waals surface area contributed by atoms with Crippen molar-refractivity contribution in [2.75, 3.05) is 13.1 Å². The molecular weight excluding hydrogens is 352 g/mol. The number of benzene rings is 1. The highest BCUT2D eigenvalue weighted by Crippen LogP contribution is 2.29. The first-order valence-electron chi connectivity index (χ1n) is 9.25. The van der Waals surface area contributed by atoms with Gasteiger partial charge in [-0.3, -0.25) is 4.90 Å². The second-order valence-corrected chi connectivity index (χ2v) is 7.01. The number of nitrogens with zero attached hydrogens (tertiary/aromatic N) is 3. The molecular formula is C20H23F2N3O2. The van der Waals surface area contributed by atoms with Crippen molar-refractivity contribution in [1.29, 1.82) is 0 Å². The van der Waals surface area contributed by atoms with E-state index in [1.54, 1.807) is 17.0 Å². The van der Waals surface area contributed by atoms with Crippen LogP contribution in [0, 0.1) is 6.92 Å². The summed E-state index contributed by atoms with van der Waals surface area (Å²) in [6.45, 7) is 4.13. The summed E-state index contributed by atoms with van der Waals surface area (Å²) in [6.07, 6.45) is 3.01. The molecule has 0 bridgehead atoms. The lowest BCUT2D eigenvalue weighted by molar-refractivity contribution is 0.0927. The molecule has 0 spiro atoms. The van der Waals surface area contributed by atoms with Crippen LogP contribution in [0.4, 0.5) is 8.78 Å². The Hall–Kier alpha value is -2.41. The van der Waals surface area contributed by atoms with Crippen LogP contribution >= 0.6 is 0 Å². The summed E-state index contributed by atoms with van der Waals surface area (Å²) in [5, 5.41) is 0.885. The van der Waals surface area contributed by atoms with Crippen LogP contribution in [0.5, 0.6) is 5.75 Å². The molecule has 3 aromatic rings. The summed E-state index contributed by atoms with van der Waals surface area (Å²) >= 11 is 0. The fraction of sp³-hybridized carbons (Fsp3) is 0.450. The predicted molar refractivity (Wildman–Crippen MR) is 98.1 cm³/mol. The monoisotopic (exact) mass is 375 g/mol. The molecule has 0 N–H and O–H groups in total. The highest BCUT2D eigenvalue weighted by molar-refractivity contribution is 5.86. The van der Waals surface area contributed by atoms with E-state index in [4.69, 9.17) is 9.15 Å². The summed E-state index contributed by atoms with van der Waals surface area (Å²) in [4.78, 5) is 6.57. The first kappa shape index (κ1) is 18.0. The molecule has 144 valence electrons. The van der Waals surface area contributed by atoms with Gasteiger partial charge in [-0.25, -0.2) is 13.8 Å². The topological polar surface area (TPSA) is 43.4 Å². The lowest BCUT2D eigenvalue weighted by Gasteiger charge is -2.31. The van der Waals surface area contributed by atoms with E-state index in [2.05, 4.69) is 9.88 Å². The Morgan fingerprint density at radius 3 is 2.78 bits per heavy atom. The minimum absolute atomic E-state index is 0.122. The Labute approximate surface area is 156 Å². The quantitative estimate of drug-likeness (QED) is 0.646. The number of piperidine rings is 1. The van der Waals surface area contributed by atoms with Crippen LogP contribution in [0.2, 0.25) is 0 Å².